The first kappa shape index (κ1) is 19.6. The second-order valence-electron chi connectivity index (χ2n) is 6.29. The molecule has 0 saturated heterocycles. The SMILES string of the molecule is CCN(C(=O)CN(CCc1ccc(F)cc1)C(C)=O)c1cccc(C)c1. The Balaban J connectivity index is 2.04. The van der Waals surface area contributed by atoms with E-state index in [0.29, 0.717) is 19.5 Å². The molecule has 0 unspecified atom stereocenters. The predicted molar refractivity (Wildman–Crippen MR) is 102 cm³/mol. The van der Waals surface area contributed by atoms with Crippen molar-refractivity contribution in [2.24, 2.45) is 0 Å². The summed E-state index contributed by atoms with van der Waals surface area (Å²) in [6.45, 7) is 6.33. The molecular formula is C21H25FN2O2. The lowest BCUT2D eigenvalue weighted by Crippen LogP contribution is -2.43. The van der Waals surface area contributed by atoms with E-state index in [-0.39, 0.29) is 24.2 Å². The maximum absolute atomic E-state index is 13.0. The van der Waals surface area contributed by atoms with E-state index in [9.17, 15) is 14.0 Å². The van der Waals surface area contributed by atoms with Crippen LogP contribution < -0.4 is 4.90 Å². The van der Waals surface area contributed by atoms with Gasteiger partial charge < -0.3 is 9.80 Å². The highest BCUT2D eigenvalue weighted by atomic mass is 19.1. The van der Waals surface area contributed by atoms with Crippen molar-refractivity contribution in [2.75, 3.05) is 24.5 Å². The molecule has 2 amide bonds. The van der Waals surface area contributed by atoms with Gasteiger partial charge in [0.1, 0.15) is 12.4 Å². The number of anilines is 1. The van der Waals surface area contributed by atoms with E-state index < -0.39 is 0 Å². The molecule has 2 aromatic rings. The van der Waals surface area contributed by atoms with E-state index in [0.717, 1.165) is 16.8 Å². The van der Waals surface area contributed by atoms with Gasteiger partial charge in [0.05, 0.1) is 0 Å². The normalized spacial score (nSPS) is 10.5. The summed E-state index contributed by atoms with van der Waals surface area (Å²) in [7, 11) is 0. The lowest BCUT2D eigenvalue weighted by atomic mass is 10.1. The first-order valence-corrected chi connectivity index (χ1v) is 8.77. The minimum absolute atomic E-state index is 0.0261. The molecule has 0 aliphatic heterocycles. The zero-order valence-corrected chi connectivity index (χ0v) is 15.5. The second-order valence-corrected chi connectivity index (χ2v) is 6.29. The third kappa shape index (κ3) is 5.41. The van der Waals surface area contributed by atoms with E-state index in [1.54, 1.807) is 17.0 Å². The van der Waals surface area contributed by atoms with Crippen LogP contribution in [0.4, 0.5) is 10.1 Å². The van der Waals surface area contributed by atoms with Crippen LogP contribution in [0.3, 0.4) is 0 Å². The predicted octanol–water partition coefficient (Wildman–Crippen LogP) is 3.58. The highest BCUT2D eigenvalue weighted by Crippen LogP contribution is 2.16. The number of halogens is 1. The number of nitrogens with zero attached hydrogens (tertiary/aromatic N) is 2. The van der Waals surface area contributed by atoms with Gasteiger partial charge in [-0.2, -0.15) is 0 Å². The largest absolute Gasteiger partial charge is 0.333 e. The van der Waals surface area contributed by atoms with Gasteiger partial charge in [0.15, 0.2) is 0 Å². The number of hydrogen-bond acceptors (Lipinski definition) is 2. The highest BCUT2D eigenvalue weighted by molar-refractivity contribution is 5.96. The van der Waals surface area contributed by atoms with Crippen molar-refractivity contribution in [1.29, 1.82) is 0 Å². The number of benzene rings is 2. The average Bonchev–Trinajstić information content (AvgIpc) is 2.60. The third-order valence-electron chi connectivity index (χ3n) is 4.29. The first-order chi connectivity index (χ1) is 12.4. The van der Waals surface area contributed by atoms with Crippen molar-refractivity contribution < 1.29 is 14.0 Å². The summed E-state index contributed by atoms with van der Waals surface area (Å²) in [6, 6.07) is 13.9. The molecule has 5 heteroatoms. The molecule has 0 bridgehead atoms. The molecule has 0 aliphatic rings. The Hall–Kier alpha value is -2.69. The number of amides is 2. The van der Waals surface area contributed by atoms with Crippen molar-refractivity contribution in [3.8, 4) is 0 Å². The Labute approximate surface area is 154 Å². The summed E-state index contributed by atoms with van der Waals surface area (Å²) >= 11 is 0. The summed E-state index contributed by atoms with van der Waals surface area (Å²) in [4.78, 5) is 27.9. The zero-order chi connectivity index (χ0) is 19.1. The lowest BCUT2D eigenvalue weighted by molar-refractivity contribution is -0.133. The van der Waals surface area contributed by atoms with Crippen molar-refractivity contribution in [3.63, 3.8) is 0 Å². The lowest BCUT2D eigenvalue weighted by Gasteiger charge is -2.26. The van der Waals surface area contributed by atoms with Crippen LogP contribution in [0.25, 0.3) is 0 Å². The average molecular weight is 356 g/mol. The molecule has 0 aromatic heterocycles. The van der Waals surface area contributed by atoms with Crippen LogP contribution in [0.5, 0.6) is 0 Å². The van der Waals surface area contributed by atoms with Gasteiger partial charge >= 0.3 is 0 Å². The molecule has 26 heavy (non-hydrogen) atoms. The van der Waals surface area contributed by atoms with Gasteiger partial charge in [-0.05, 0) is 55.7 Å². The van der Waals surface area contributed by atoms with Crippen LogP contribution in [0.1, 0.15) is 25.0 Å². The molecule has 0 radical (unpaired) electrons. The van der Waals surface area contributed by atoms with E-state index in [1.807, 2.05) is 38.1 Å². The van der Waals surface area contributed by atoms with Gasteiger partial charge in [-0.25, -0.2) is 4.39 Å². The van der Waals surface area contributed by atoms with Crippen molar-refractivity contribution in [1.82, 2.24) is 4.90 Å². The van der Waals surface area contributed by atoms with Crippen LogP contribution in [0, 0.1) is 12.7 Å². The number of carbonyl (C=O) groups excluding carboxylic acids is 2. The molecule has 0 saturated carbocycles. The van der Waals surface area contributed by atoms with E-state index in [2.05, 4.69) is 0 Å². The Kier molecular flexibility index (Phi) is 6.89. The molecule has 0 heterocycles. The summed E-state index contributed by atoms with van der Waals surface area (Å²) in [5.74, 6) is -0.558. The molecule has 2 aromatic carbocycles. The van der Waals surface area contributed by atoms with Gasteiger partial charge in [0, 0.05) is 25.7 Å². The van der Waals surface area contributed by atoms with Crippen molar-refractivity contribution in [3.05, 3.63) is 65.5 Å². The standard InChI is InChI=1S/C21H25FN2O2/c1-4-24(20-7-5-6-16(2)14-20)21(26)15-23(17(3)25)13-12-18-8-10-19(22)11-9-18/h5-11,14H,4,12-13,15H2,1-3H3. The van der Waals surface area contributed by atoms with Crippen LogP contribution in [-0.4, -0.2) is 36.3 Å². The molecule has 0 N–H and O–H groups in total. The smallest absolute Gasteiger partial charge is 0.246 e. The monoisotopic (exact) mass is 356 g/mol. The van der Waals surface area contributed by atoms with Crippen LogP contribution in [-0.2, 0) is 16.0 Å². The summed E-state index contributed by atoms with van der Waals surface area (Å²) < 4.78 is 13.0. The first-order valence-electron chi connectivity index (χ1n) is 8.77. The van der Waals surface area contributed by atoms with Gasteiger partial charge in [0.25, 0.3) is 0 Å². The quantitative estimate of drug-likeness (QED) is 0.761. The summed E-state index contributed by atoms with van der Waals surface area (Å²) in [5.41, 5.74) is 2.84. The third-order valence-corrected chi connectivity index (χ3v) is 4.29. The molecule has 0 spiro atoms. The van der Waals surface area contributed by atoms with Gasteiger partial charge in [-0.1, -0.05) is 24.3 Å². The number of carbonyl (C=O) groups is 2. The minimum atomic E-state index is -0.288. The van der Waals surface area contributed by atoms with Gasteiger partial charge in [-0.3, -0.25) is 9.59 Å². The van der Waals surface area contributed by atoms with Gasteiger partial charge in [0.2, 0.25) is 11.8 Å². The maximum atomic E-state index is 13.0. The van der Waals surface area contributed by atoms with E-state index in [4.69, 9.17) is 0 Å². The molecule has 0 atom stereocenters. The molecular weight excluding hydrogens is 331 g/mol. The van der Waals surface area contributed by atoms with Gasteiger partial charge in [-0.15, -0.1) is 0 Å². The zero-order valence-electron chi connectivity index (χ0n) is 15.5. The fourth-order valence-electron chi connectivity index (χ4n) is 2.81. The summed E-state index contributed by atoms with van der Waals surface area (Å²) in [5, 5.41) is 0. The number of likely N-dealkylation sites (N-methyl/N-ethyl adjacent to an activating group) is 1. The fourth-order valence-corrected chi connectivity index (χ4v) is 2.81. The Bertz CT molecular complexity index is 759. The van der Waals surface area contributed by atoms with E-state index >= 15 is 0 Å². The highest BCUT2D eigenvalue weighted by Gasteiger charge is 2.19. The Morgan fingerprint density at radius 1 is 1.08 bits per heavy atom. The second kappa shape index (κ2) is 9.13. The van der Waals surface area contributed by atoms with Crippen molar-refractivity contribution >= 4 is 17.5 Å². The molecule has 2 rings (SSSR count). The molecule has 4 nitrogen and oxygen atoms in total. The fraction of sp³-hybridized carbons (Fsp3) is 0.333. The van der Waals surface area contributed by atoms with Crippen LogP contribution in [0.15, 0.2) is 48.5 Å². The number of hydrogen-bond donors (Lipinski definition) is 0. The van der Waals surface area contributed by atoms with Crippen LogP contribution in [0.2, 0.25) is 0 Å². The van der Waals surface area contributed by atoms with Crippen LogP contribution >= 0.6 is 0 Å². The number of aryl methyl sites for hydroxylation is 1. The Morgan fingerprint density at radius 2 is 1.77 bits per heavy atom. The van der Waals surface area contributed by atoms with Crippen molar-refractivity contribution in [2.45, 2.75) is 27.2 Å². The minimum Gasteiger partial charge on any atom is -0.333 e. The maximum Gasteiger partial charge on any atom is 0.246 e. The molecule has 0 fully saturated rings. The molecule has 0 aliphatic carbocycles. The van der Waals surface area contributed by atoms with E-state index in [1.165, 1.54) is 24.0 Å². The summed E-state index contributed by atoms with van der Waals surface area (Å²) in [6.07, 6.45) is 0.573. The topological polar surface area (TPSA) is 40.6 Å². The molecule has 138 valence electrons. The Morgan fingerprint density at radius 3 is 2.35 bits per heavy atom. The number of rotatable bonds is 7.